The number of halogens is 1. The van der Waals surface area contributed by atoms with Gasteiger partial charge in [0, 0.05) is 17.1 Å². The summed E-state index contributed by atoms with van der Waals surface area (Å²) < 4.78 is 7.98. The predicted octanol–water partition coefficient (Wildman–Crippen LogP) is 2.67. The number of primary amides is 1. The minimum Gasteiger partial charge on any atom is -0.484 e. The van der Waals surface area contributed by atoms with Crippen LogP contribution >= 0.6 is 15.9 Å². The number of piperidine rings is 1. The van der Waals surface area contributed by atoms with Gasteiger partial charge in [-0.25, -0.2) is 9.97 Å². The second kappa shape index (κ2) is 11.9. The Hall–Kier alpha value is -4.23. The van der Waals surface area contributed by atoms with Crippen molar-refractivity contribution >= 4 is 50.6 Å². The minimum atomic E-state index is -0.831. The van der Waals surface area contributed by atoms with E-state index in [1.807, 2.05) is 25.1 Å². The fourth-order valence-electron chi connectivity index (χ4n) is 4.62. The van der Waals surface area contributed by atoms with E-state index in [0.29, 0.717) is 34.9 Å². The van der Waals surface area contributed by atoms with Crippen molar-refractivity contribution in [3.05, 3.63) is 64.1 Å². The van der Waals surface area contributed by atoms with E-state index in [2.05, 4.69) is 46.8 Å². The van der Waals surface area contributed by atoms with Crippen molar-refractivity contribution in [1.29, 1.82) is 0 Å². The quantitative estimate of drug-likeness (QED) is 0.194. The maximum Gasteiger partial charge on any atom is 0.277 e. The number of aromatic amines is 1. The van der Waals surface area contributed by atoms with Gasteiger partial charge in [0.25, 0.3) is 17.7 Å². The number of H-pyrrole nitrogens is 1. The molecular formula is C27H29BrN8O4. The lowest BCUT2D eigenvalue weighted by molar-refractivity contribution is -0.123. The van der Waals surface area contributed by atoms with Crippen LogP contribution in [0.4, 0.5) is 5.95 Å². The van der Waals surface area contributed by atoms with Crippen LogP contribution in [0.3, 0.4) is 0 Å². The largest absolute Gasteiger partial charge is 0.484 e. The lowest BCUT2D eigenvalue weighted by Crippen LogP contribution is -2.37. The summed E-state index contributed by atoms with van der Waals surface area (Å²) in [5.41, 5.74) is 8.02. The predicted molar refractivity (Wildman–Crippen MR) is 153 cm³/mol. The molecule has 12 nitrogen and oxygen atoms in total. The molecule has 0 unspecified atom stereocenters. The van der Waals surface area contributed by atoms with Crippen LogP contribution in [0.2, 0.25) is 0 Å². The van der Waals surface area contributed by atoms with Gasteiger partial charge in [0.05, 0.1) is 16.7 Å². The van der Waals surface area contributed by atoms with E-state index < -0.39 is 11.8 Å². The van der Waals surface area contributed by atoms with Gasteiger partial charge in [-0.3, -0.25) is 24.3 Å². The number of nitrogens with one attached hydrogen (secondary N) is 4. The van der Waals surface area contributed by atoms with Gasteiger partial charge >= 0.3 is 0 Å². The molecule has 208 valence electrons. The Bertz CT molecular complexity index is 1570. The number of hydrogen-bond acceptors (Lipinski definition) is 7. The zero-order chi connectivity index (χ0) is 28.2. The first-order valence-electron chi connectivity index (χ1n) is 12.8. The highest BCUT2D eigenvalue weighted by molar-refractivity contribution is 9.10. The normalized spacial score (nSPS) is 13.8. The van der Waals surface area contributed by atoms with Crippen LogP contribution in [0.25, 0.3) is 16.7 Å². The Kier molecular flexibility index (Phi) is 8.12. The maximum atomic E-state index is 13.4. The number of amides is 3. The molecular weight excluding hydrogens is 580 g/mol. The third kappa shape index (κ3) is 6.15. The molecule has 0 bridgehead atoms. The van der Waals surface area contributed by atoms with Crippen LogP contribution in [0.15, 0.2) is 47.2 Å². The number of rotatable bonds is 9. The SMILES string of the molecule is Cc1ccc(Br)cc1-n1cnc(C(N)=O)c1C(=O)Nc1nc2ccc(OCC(=O)NCC3CCNCC3)cc2[nH]1. The standard InChI is InChI=1S/C27H29BrN8O4/c1-15-2-3-17(28)10-21(15)36-14-32-23(25(29)38)24(36)26(39)35-27-33-19-5-4-18(11-20(19)34-27)40-13-22(37)31-12-16-6-8-30-9-7-16/h2-5,10-11,14,16,30H,6-9,12-13H2,1H3,(H2,29,38)(H,31,37)(H2,33,34,35,39). The molecule has 2 aromatic carbocycles. The summed E-state index contributed by atoms with van der Waals surface area (Å²) in [6.45, 7) is 4.37. The molecule has 1 saturated heterocycles. The molecule has 0 saturated carbocycles. The average molecular weight is 609 g/mol. The summed E-state index contributed by atoms with van der Waals surface area (Å²) in [4.78, 5) is 49.2. The first kappa shape index (κ1) is 27.3. The van der Waals surface area contributed by atoms with Crippen LogP contribution in [-0.2, 0) is 4.79 Å². The van der Waals surface area contributed by atoms with Crippen molar-refractivity contribution in [3.63, 3.8) is 0 Å². The van der Waals surface area contributed by atoms with Gasteiger partial charge < -0.3 is 26.1 Å². The van der Waals surface area contributed by atoms with E-state index in [-0.39, 0.29) is 29.9 Å². The summed E-state index contributed by atoms with van der Waals surface area (Å²) in [7, 11) is 0. The summed E-state index contributed by atoms with van der Waals surface area (Å²) in [5.74, 6) is -0.513. The van der Waals surface area contributed by atoms with E-state index >= 15 is 0 Å². The number of ether oxygens (including phenoxy) is 1. The van der Waals surface area contributed by atoms with Gasteiger partial charge in [-0.2, -0.15) is 0 Å². The fourth-order valence-corrected chi connectivity index (χ4v) is 4.97. The van der Waals surface area contributed by atoms with Crippen molar-refractivity contribution in [2.45, 2.75) is 19.8 Å². The van der Waals surface area contributed by atoms with Gasteiger partial charge in [-0.15, -0.1) is 0 Å². The highest BCUT2D eigenvalue weighted by atomic mass is 79.9. The van der Waals surface area contributed by atoms with Gasteiger partial charge in [-0.1, -0.05) is 22.0 Å². The molecule has 13 heteroatoms. The molecule has 1 aliphatic rings. The lowest BCUT2D eigenvalue weighted by atomic mass is 9.98. The summed E-state index contributed by atoms with van der Waals surface area (Å²) >= 11 is 3.44. The number of aromatic nitrogens is 4. The second-order valence-corrected chi connectivity index (χ2v) is 10.5. The molecule has 0 spiro atoms. The number of carbonyl (C=O) groups is 3. The monoisotopic (exact) mass is 608 g/mol. The Morgan fingerprint density at radius 3 is 2.75 bits per heavy atom. The van der Waals surface area contributed by atoms with Gasteiger partial charge in [0.15, 0.2) is 12.3 Å². The topological polar surface area (TPSA) is 169 Å². The zero-order valence-corrected chi connectivity index (χ0v) is 23.4. The molecule has 0 atom stereocenters. The van der Waals surface area contributed by atoms with Gasteiger partial charge in [0.1, 0.15) is 17.8 Å². The maximum absolute atomic E-state index is 13.4. The van der Waals surface area contributed by atoms with Crippen LogP contribution in [0.1, 0.15) is 39.4 Å². The highest BCUT2D eigenvalue weighted by Gasteiger charge is 2.25. The first-order valence-corrected chi connectivity index (χ1v) is 13.6. The van der Waals surface area contributed by atoms with Crippen LogP contribution in [0.5, 0.6) is 5.75 Å². The number of nitrogens with two attached hydrogens (primary N) is 1. The van der Waals surface area contributed by atoms with Gasteiger partial charge in [-0.05, 0) is 68.6 Å². The number of nitrogens with zero attached hydrogens (tertiary/aromatic N) is 3. The van der Waals surface area contributed by atoms with E-state index in [4.69, 9.17) is 10.5 Å². The third-order valence-corrected chi connectivity index (χ3v) is 7.24. The zero-order valence-electron chi connectivity index (χ0n) is 21.8. The van der Waals surface area contributed by atoms with Crippen molar-refractivity contribution in [1.82, 2.24) is 30.2 Å². The molecule has 1 aliphatic heterocycles. The number of hydrogen-bond donors (Lipinski definition) is 5. The first-order chi connectivity index (χ1) is 19.3. The number of carbonyl (C=O) groups excluding carboxylic acids is 3. The number of aryl methyl sites for hydroxylation is 1. The minimum absolute atomic E-state index is 0.0197. The third-order valence-electron chi connectivity index (χ3n) is 6.75. The Balaban J connectivity index is 1.28. The number of anilines is 1. The summed E-state index contributed by atoms with van der Waals surface area (Å²) in [6.07, 6.45) is 3.48. The summed E-state index contributed by atoms with van der Waals surface area (Å²) in [6, 6.07) is 10.7. The van der Waals surface area contributed by atoms with E-state index in [9.17, 15) is 14.4 Å². The van der Waals surface area contributed by atoms with Crippen molar-refractivity contribution in [3.8, 4) is 11.4 Å². The van der Waals surface area contributed by atoms with Crippen molar-refractivity contribution in [2.75, 3.05) is 31.6 Å². The summed E-state index contributed by atoms with van der Waals surface area (Å²) in [5, 5.41) is 8.94. The number of fused-ring (bicyclic) bond motifs is 1. The highest BCUT2D eigenvalue weighted by Crippen LogP contribution is 2.25. The molecule has 1 fully saturated rings. The molecule has 2 aromatic heterocycles. The van der Waals surface area contributed by atoms with E-state index in [0.717, 1.165) is 36.0 Å². The van der Waals surface area contributed by atoms with E-state index in [1.54, 1.807) is 18.2 Å². The van der Waals surface area contributed by atoms with Crippen molar-refractivity contribution in [2.24, 2.45) is 11.7 Å². The lowest BCUT2D eigenvalue weighted by Gasteiger charge is -2.22. The molecule has 5 rings (SSSR count). The number of benzene rings is 2. The fraction of sp³-hybridized carbons (Fsp3) is 0.296. The molecule has 0 radical (unpaired) electrons. The van der Waals surface area contributed by atoms with E-state index in [1.165, 1.54) is 10.9 Å². The van der Waals surface area contributed by atoms with Crippen molar-refractivity contribution < 1.29 is 19.1 Å². The van der Waals surface area contributed by atoms with Crippen LogP contribution < -0.4 is 26.4 Å². The smallest absolute Gasteiger partial charge is 0.277 e. The molecule has 0 aliphatic carbocycles. The molecule has 3 amide bonds. The van der Waals surface area contributed by atoms with Crippen LogP contribution in [0, 0.1) is 12.8 Å². The Labute approximate surface area is 238 Å². The molecule has 6 N–H and O–H groups in total. The molecule has 40 heavy (non-hydrogen) atoms. The number of imidazole rings is 2. The van der Waals surface area contributed by atoms with Crippen LogP contribution in [-0.4, -0.2) is 63.5 Å². The Morgan fingerprint density at radius 1 is 1.18 bits per heavy atom. The molecule has 3 heterocycles. The second-order valence-electron chi connectivity index (χ2n) is 9.61. The average Bonchev–Trinajstić information content (AvgIpc) is 3.56. The van der Waals surface area contributed by atoms with Gasteiger partial charge in [0.2, 0.25) is 5.95 Å². The molecule has 4 aromatic rings. The Morgan fingerprint density at radius 2 is 1.98 bits per heavy atom.